The van der Waals surface area contributed by atoms with Crippen molar-refractivity contribution >= 4 is 45.4 Å². The first kappa shape index (κ1) is 13.6. The van der Waals surface area contributed by atoms with Gasteiger partial charge in [0.2, 0.25) is 0 Å². The van der Waals surface area contributed by atoms with Crippen LogP contribution in [0.25, 0.3) is 16.3 Å². The Bertz CT molecular complexity index is 1090. The second-order valence-electron chi connectivity index (χ2n) is 5.87. The molecule has 0 saturated heterocycles. The van der Waals surface area contributed by atoms with Gasteiger partial charge in [-0.25, -0.2) is 4.99 Å². The summed E-state index contributed by atoms with van der Waals surface area (Å²) >= 11 is 1.67. The number of nitrogen functional groups attached to an aromatic ring is 1. The van der Waals surface area contributed by atoms with E-state index in [0.29, 0.717) is 0 Å². The van der Waals surface area contributed by atoms with Crippen LogP contribution in [0.2, 0.25) is 0 Å². The highest BCUT2D eigenvalue weighted by Crippen LogP contribution is 2.45. The Labute approximate surface area is 142 Å². The standard InChI is InChI=1S/C20H12N2OS/c21-12-5-7-13(8-6-12)24-16-9-4-11-2-1-3-14-15-10-17(23)22-20(15)19(16)18(11)14/h1-10H,21H2. The quantitative estimate of drug-likeness (QED) is 0.714. The molecule has 2 N–H and O–H groups in total. The highest BCUT2D eigenvalue weighted by atomic mass is 32.2. The lowest BCUT2D eigenvalue weighted by Crippen LogP contribution is -1.96. The number of nitrogens with zero attached hydrogens (tertiary/aromatic N) is 1. The number of carbonyl (C=O) groups excluding carboxylic acids is 1. The van der Waals surface area contributed by atoms with Crippen LogP contribution >= 0.6 is 11.8 Å². The number of benzene rings is 3. The maximum absolute atomic E-state index is 11.8. The van der Waals surface area contributed by atoms with Crippen molar-refractivity contribution in [1.82, 2.24) is 0 Å². The van der Waals surface area contributed by atoms with Crippen LogP contribution in [-0.2, 0) is 4.79 Å². The van der Waals surface area contributed by atoms with E-state index in [1.807, 2.05) is 30.3 Å². The topological polar surface area (TPSA) is 55.4 Å². The predicted octanol–water partition coefficient (Wildman–Crippen LogP) is 4.30. The van der Waals surface area contributed by atoms with Gasteiger partial charge in [-0.15, -0.1) is 0 Å². The van der Waals surface area contributed by atoms with Crippen LogP contribution in [0.15, 0.2) is 75.5 Å². The van der Waals surface area contributed by atoms with Gasteiger partial charge in [-0.2, -0.15) is 0 Å². The largest absolute Gasteiger partial charge is 0.399 e. The maximum atomic E-state index is 11.8. The van der Waals surface area contributed by atoms with Gasteiger partial charge in [0.15, 0.2) is 0 Å². The number of carbonyl (C=O) groups is 1. The van der Waals surface area contributed by atoms with Crippen LogP contribution in [0, 0.1) is 0 Å². The molecule has 0 saturated carbocycles. The van der Waals surface area contributed by atoms with Crippen LogP contribution in [0.4, 0.5) is 5.69 Å². The van der Waals surface area contributed by atoms with Gasteiger partial charge < -0.3 is 5.73 Å². The number of fused-ring (bicyclic) bond motifs is 3. The van der Waals surface area contributed by atoms with Crippen molar-refractivity contribution in [1.29, 1.82) is 0 Å². The summed E-state index contributed by atoms with van der Waals surface area (Å²) in [4.78, 5) is 18.3. The molecule has 0 atom stereocenters. The molecule has 1 aliphatic heterocycles. The zero-order chi connectivity index (χ0) is 16.3. The molecule has 0 unspecified atom stereocenters. The zero-order valence-electron chi connectivity index (χ0n) is 12.6. The zero-order valence-corrected chi connectivity index (χ0v) is 13.4. The molecule has 0 aromatic heterocycles. The fourth-order valence-electron chi connectivity index (χ4n) is 3.36. The van der Waals surface area contributed by atoms with E-state index in [1.165, 1.54) is 10.8 Å². The second-order valence-corrected chi connectivity index (χ2v) is 6.99. The molecule has 1 aliphatic carbocycles. The first-order valence-corrected chi connectivity index (χ1v) is 8.47. The number of nitrogens with two attached hydrogens (primary N) is 1. The van der Waals surface area contributed by atoms with E-state index in [9.17, 15) is 4.79 Å². The van der Waals surface area contributed by atoms with Crippen LogP contribution in [0.3, 0.4) is 0 Å². The summed E-state index contributed by atoms with van der Waals surface area (Å²) in [5, 5.41) is 2.37. The summed E-state index contributed by atoms with van der Waals surface area (Å²) in [5.41, 5.74) is 10.5. The number of hydrogen-bond acceptors (Lipinski definition) is 3. The van der Waals surface area contributed by atoms with Gasteiger partial charge in [0.25, 0.3) is 5.91 Å². The lowest BCUT2D eigenvalue weighted by molar-refractivity contribution is -0.113. The van der Waals surface area contributed by atoms with Crippen molar-refractivity contribution in [2.45, 2.75) is 9.79 Å². The van der Waals surface area contributed by atoms with E-state index >= 15 is 0 Å². The Balaban J connectivity index is 1.74. The highest BCUT2D eigenvalue weighted by Gasteiger charge is 2.32. The molecule has 0 spiro atoms. The number of rotatable bonds is 2. The molecular formula is C20H12N2OS. The lowest BCUT2D eigenvalue weighted by atomic mass is 10.0. The number of anilines is 1. The van der Waals surface area contributed by atoms with Crippen molar-refractivity contribution in [3.63, 3.8) is 0 Å². The summed E-state index contributed by atoms with van der Waals surface area (Å²) in [6.45, 7) is 0. The Hall–Kier alpha value is -2.85. The van der Waals surface area contributed by atoms with Gasteiger partial charge in [0, 0.05) is 38.1 Å². The summed E-state index contributed by atoms with van der Waals surface area (Å²) < 4.78 is 0. The molecule has 3 aromatic carbocycles. The molecule has 2 aliphatic rings. The van der Waals surface area contributed by atoms with Crippen molar-refractivity contribution < 1.29 is 4.79 Å². The number of hydrogen-bond donors (Lipinski definition) is 1. The van der Waals surface area contributed by atoms with E-state index in [2.05, 4.69) is 29.3 Å². The molecule has 3 nitrogen and oxygen atoms in total. The van der Waals surface area contributed by atoms with Crippen molar-refractivity contribution in [3.05, 3.63) is 71.8 Å². The molecule has 114 valence electrons. The lowest BCUT2D eigenvalue weighted by Gasteiger charge is -2.09. The molecule has 24 heavy (non-hydrogen) atoms. The molecular weight excluding hydrogens is 316 g/mol. The van der Waals surface area contributed by atoms with Gasteiger partial charge in [-0.3, -0.25) is 4.79 Å². The smallest absolute Gasteiger partial charge is 0.270 e. The molecule has 3 aromatic rings. The molecule has 0 fully saturated rings. The number of amides is 1. The van der Waals surface area contributed by atoms with Crippen LogP contribution in [0.5, 0.6) is 0 Å². The van der Waals surface area contributed by atoms with E-state index in [-0.39, 0.29) is 5.91 Å². The average molecular weight is 328 g/mol. The Kier molecular flexibility index (Phi) is 2.73. The average Bonchev–Trinajstić information content (AvgIpc) is 3.10. The summed E-state index contributed by atoms with van der Waals surface area (Å²) in [6.07, 6.45) is 1.64. The summed E-state index contributed by atoms with van der Waals surface area (Å²) in [7, 11) is 0. The SMILES string of the molecule is Nc1ccc(Sc2ccc3cccc4c3c2C2=NC(=O)C=C24)cc1. The van der Waals surface area contributed by atoms with Crippen LogP contribution in [-0.4, -0.2) is 11.6 Å². The number of aliphatic imine (C=N–C) groups is 1. The number of allylic oxidation sites excluding steroid dienone is 1. The van der Waals surface area contributed by atoms with E-state index in [0.717, 1.165) is 37.9 Å². The Morgan fingerprint density at radius 1 is 0.958 bits per heavy atom. The highest BCUT2D eigenvalue weighted by molar-refractivity contribution is 7.99. The van der Waals surface area contributed by atoms with Crippen molar-refractivity contribution in [2.75, 3.05) is 5.73 Å². The van der Waals surface area contributed by atoms with Crippen molar-refractivity contribution in [3.8, 4) is 0 Å². The predicted molar refractivity (Wildman–Crippen MR) is 98.4 cm³/mol. The molecule has 4 heteroatoms. The molecule has 0 radical (unpaired) electrons. The van der Waals surface area contributed by atoms with Crippen molar-refractivity contribution in [2.24, 2.45) is 4.99 Å². The minimum absolute atomic E-state index is 0.171. The third-order valence-electron chi connectivity index (χ3n) is 4.39. The van der Waals surface area contributed by atoms with Gasteiger partial charge in [-0.05, 0) is 41.3 Å². The van der Waals surface area contributed by atoms with Gasteiger partial charge in [0.05, 0.1) is 5.71 Å². The molecule has 0 bridgehead atoms. The second kappa shape index (κ2) is 4.82. The fraction of sp³-hybridized carbons (Fsp3) is 0. The van der Waals surface area contributed by atoms with Gasteiger partial charge in [0.1, 0.15) is 0 Å². The fourth-order valence-corrected chi connectivity index (χ4v) is 4.32. The van der Waals surface area contributed by atoms with Crippen LogP contribution in [0.1, 0.15) is 11.1 Å². The molecule has 1 heterocycles. The van der Waals surface area contributed by atoms with E-state index in [4.69, 9.17) is 5.73 Å². The first-order chi connectivity index (χ1) is 11.7. The van der Waals surface area contributed by atoms with E-state index in [1.54, 1.807) is 17.8 Å². The van der Waals surface area contributed by atoms with Gasteiger partial charge >= 0.3 is 0 Å². The minimum Gasteiger partial charge on any atom is -0.399 e. The molecule has 5 rings (SSSR count). The Morgan fingerprint density at radius 2 is 1.79 bits per heavy atom. The molecule has 1 amide bonds. The third-order valence-corrected chi connectivity index (χ3v) is 5.46. The summed E-state index contributed by atoms with van der Waals surface area (Å²) in [5.74, 6) is -0.171. The summed E-state index contributed by atoms with van der Waals surface area (Å²) in [6, 6.07) is 18.3. The maximum Gasteiger partial charge on any atom is 0.270 e. The van der Waals surface area contributed by atoms with E-state index < -0.39 is 0 Å². The van der Waals surface area contributed by atoms with Gasteiger partial charge in [-0.1, -0.05) is 36.0 Å². The normalized spacial score (nSPS) is 14.8. The van der Waals surface area contributed by atoms with Crippen LogP contribution < -0.4 is 5.73 Å². The minimum atomic E-state index is -0.171. The third kappa shape index (κ3) is 1.87. The Morgan fingerprint density at radius 3 is 2.62 bits per heavy atom. The first-order valence-electron chi connectivity index (χ1n) is 7.65. The monoisotopic (exact) mass is 328 g/mol.